The third kappa shape index (κ3) is 22.8. The maximum absolute atomic E-state index is 3.11. The van der Waals surface area contributed by atoms with Crippen molar-refractivity contribution in [2.45, 2.75) is 59.3 Å². The summed E-state index contributed by atoms with van der Waals surface area (Å²) in [5, 5.41) is 3.11. The molecular weight excluding hydrogens is 189 g/mol. The van der Waals surface area contributed by atoms with Crippen LogP contribution < -0.4 is 5.32 Å². The lowest BCUT2D eigenvalue weighted by molar-refractivity contribution is 0.627. The quantitative estimate of drug-likeness (QED) is 0.483. The molecule has 2 heteroatoms. The van der Waals surface area contributed by atoms with Crippen molar-refractivity contribution in [1.29, 1.82) is 0 Å². The summed E-state index contributed by atoms with van der Waals surface area (Å²) in [4.78, 5) is 0. The first-order valence-electron chi connectivity index (χ1n) is 6.24. The van der Waals surface area contributed by atoms with Gasteiger partial charge in [0.05, 0.1) is 0 Å². The molecule has 1 unspecified atom stereocenters. The average Bonchev–Trinajstić information content (AvgIpc) is 2.20. The van der Waals surface area contributed by atoms with Gasteiger partial charge in [-0.25, -0.2) is 0 Å². The highest BCUT2D eigenvalue weighted by molar-refractivity contribution is 7.16. The standard InChI is InChI=1S/C8H19P.C4H11N/c1-2-3-4-5-6-7-8-9;1-3-5-4-2/h2-9H2,1H3;5H,3-4H2,1-2H3. The first kappa shape index (κ1) is 16.8. The maximum Gasteiger partial charge on any atom is -0.00775 e. The Balaban J connectivity index is 0. The molecule has 1 N–H and O–H groups in total. The van der Waals surface area contributed by atoms with Crippen LogP contribution in [0.3, 0.4) is 0 Å². The zero-order valence-corrected chi connectivity index (χ0v) is 11.6. The maximum atomic E-state index is 3.11. The van der Waals surface area contributed by atoms with Crippen LogP contribution in [-0.2, 0) is 0 Å². The van der Waals surface area contributed by atoms with Crippen molar-refractivity contribution >= 4 is 9.24 Å². The lowest BCUT2D eigenvalue weighted by atomic mass is 10.1. The Morgan fingerprint density at radius 1 is 0.786 bits per heavy atom. The minimum absolute atomic E-state index is 1.09. The van der Waals surface area contributed by atoms with Gasteiger partial charge in [-0.15, -0.1) is 9.24 Å². The third-order valence-electron chi connectivity index (χ3n) is 2.06. The molecule has 0 aromatic carbocycles. The van der Waals surface area contributed by atoms with E-state index in [1.54, 1.807) is 0 Å². The molecule has 0 aliphatic rings. The van der Waals surface area contributed by atoms with Gasteiger partial charge in [-0.1, -0.05) is 52.9 Å². The molecule has 1 nitrogen and oxygen atoms in total. The lowest BCUT2D eigenvalue weighted by Crippen LogP contribution is -2.09. The number of rotatable bonds is 8. The van der Waals surface area contributed by atoms with Gasteiger partial charge >= 0.3 is 0 Å². The van der Waals surface area contributed by atoms with Crippen molar-refractivity contribution in [1.82, 2.24) is 5.32 Å². The zero-order chi connectivity index (χ0) is 11.1. The van der Waals surface area contributed by atoms with E-state index in [2.05, 4.69) is 35.3 Å². The summed E-state index contributed by atoms with van der Waals surface area (Å²) in [6.07, 6.45) is 9.80. The number of hydrogen-bond donors (Lipinski definition) is 1. The first-order chi connectivity index (χ1) is 6.83. The Kier molecular flexibility index (Phi) is 22.9. The van der Waals surface area contributed by atoms with E-state index >= 15 is 0 Å². The van der Waals surface area contributed by atoms with Crippen LogP contribution in [0.1, 0.15) is 59.3 Å². The Labute approximate surface area is 93.6 Å². The third-order valence-corrected chi connectivity index (χ3v) is 2.47. The fraction of sp³-hybridized carbons (Fsp3) is 1.00. The van der Waals surface area contributed by atoms with Crippen molar-refractivity contribution in [3.05, 3.63) is 0 Å². The van der Waals surface area contributed by atoms with Crippen molar-refractivity contribution in [2.24, 2.45) is 0 Å². The highest BCUT2D eigenvalue weighted by Crippen LogP contribution is 2.05. The van der Waals surface area contributed by atoms with E-state index in [0.29, 0.717) is 0 Å². The van der Waals surface area contributed by atoms with E-state index in [1.165, 1.54) is 44.7 Å². The molecule has 0 heterocycles. The monoisotopic (exact) mass is 219 g/mol. The van der Waals surface area contributed by atoms with Crippen LogP contribution in [-0.4, -0.2) is 19.3 Å². The summed E-state index contributed by atoms with van der Waals surface area (Å²) in [7, 11) is 2.78. The van der Waals surface area contributed by atoms with Crippen LogP contribution in [0.4, 0.5) is 0 Å². The molecule has 0 aromatic heterocycles. The fourth-order valence-electron chi connectivity index (χ4n) is 1.17. The summed E-state index contributed by atoms with van der Waals surface area (Å²) in [6, 6.07) is 0. The van der Waals surface area contributed by atoms with E-state index in [4.69, 9.17) is 0 Å². The number of nitrogens with one attached hydrogen (secondary N) is 1. The molecule has 0 aromatic rings. The average molecular weight is 219 g/mol. The molecule has 0 aliphatic heterocycles. The lowest BCUT2D eigenvalue weighted by Gasteiger charge is -1.96. The SMILES string of the molecule is CCCCCCCCP.CCNCC. The van der Waals surface area contributed by atoms with Crippen LogP contribution in [0.25, 0.3) is 0 Å². The normalized spacial score (nSPS) is 9.43. The molecule has 0 bridgehead atoms. The highest BCUT2D eigenvalue weighted by atomic mass is 31.0. The smallest absolute Gasteiger partial charge is 0.00775 e. The van der Waals surface area contributed by atoms with Gasteiger partial charge < -0.3 is 5.32 Å². The second-order valence-electron chi connectivity index (χ2n) is 3.51. The second kappa shape index (κ2) is 19.0. The van der Waals surface area contributed by atoms with Gasteiger partial charge in [-0.2, -0.15) is 0 Å². The van der Waals surface area contributed by atoms with Crippen molar-refractivity contribution in [3.63, 3.8) is 0 Å². The summed E-state index contributed by atoms with van der Waals surface area (Å²) in [6.45, 7) is 8.65. The topological polar surface area (TPSA) is 12.0 Å². The largest absolute Gasteiger partial charge is 0.317 e. The summed E-state index contributed by atoms with van der Waals surface area (Å²) >= 11 is 0. The number of hydrogen-bond acceptors (Lipinski definition) is 1. The van der Waals surface area contributed by atoms with Gasteiger partial charge in [0.1, 0.15) is 0 Å². The second-order valence-corrected chi connectivity index (χ2v) is 4.09. The molecule has 0 aliphatic carbocycles. The fourth-order valence-corrected chi connectivity index (χ4v) is 1.46. The summed E-state index contributed by atoms with van der Waals surface area (Å²) in [5.74, 6) is 0. The van der Waals surface area contributed by atoms with E-state index in [1.807, 2.05) is 0 Å². The van der Waals surface area contributed by atoms with Crippen LogP contribution in [0.15, 0.2) is 0 Å². The van der Waals surface area contributed by atoms with Crippen LogP contribution in [0.2, 0.25) is 0 Å². The Morgan fingerprint density at radius 2 is 1.29 bits per heavy atom. The molecule has 0 spiro atoms. The number of unbranched alkanes of at least 4 members (excludes halogenated alkanes) is 5. The van der Waals surface area contributed by atoms with Crippen molar-refractivity contribution < 1.29 is 0 Å². The Morgan fingerprint density at radius 3 is 1.64 bits per heavy atom. The Bertz CT molecular complexity index is 68.7. The van der Waals surface area contributed by atoms with Crippen molar-refractivity contribution in [2.75, 3.05) is 19.3 Å². The minimum Gasteiger partial charge on any atom is -0.317 e. The highest BCUT2D eigenvalue weighted by Gasteiger charge is 1.85. The zero-order valence-electron chi connectivity index (χ0n) is 10.4. The Hall–Kier alpha value is 0.390. The minimum atomic E-state index is 1.09. The van der Waals surface area contributed by atoms with Gasteiger partial charge in [-0.05, 0) is 25.7 Å². The predicted octanol–water partition coefficient (Wildman–Crippen LogP) is 3.84. The molecule has 0 fully saturated rings. The molecule has 0 saturated heterocycles. The molecular formula is C12H30NP. The first-order valence-corrected chi connectivity index (χ1v) is 7.05. The van der Waals surface area contributed by atoms with Crippen LogP contribution in [0, 0.1) is 0 Å². The van der Waals surface area contributed by atoms with Crippen LogP contribution in [0.5, 0.6) is 0 Å². The van der Waals surface area contributed by atoms with Crippen molar-refractivity contribution in [3.8, 4) is 0 Å². The summed E-state index contributed by atoms with van der Waals surface area (Å²) < 4.78 is 0. The van der Waals surface area contributed by atoms with E-state index < -0.39 is 0 Å². The van der Waals surface area contributed by atoms with Gasteiger partial charge in [0, 0.05) is 0 Å². The molecule has 0 amide bonds. The van der Waals surface area contributed by atoms with Crippen LogP contribution >= 0.6 is 9.24 Å². The van der Waals surface area contributed by atoms with Gasteiger partial charge in [-0.3, -0.25) is 0 Å². The molecule has 0 radical (unpaired) electrons. The van der Waals surface area contributed by atoms with Gasteiger partial charge in [0.2, 0.25) is 0 Å². The van der Waals surface area contributed by atoms with Gasteiger partial charge in [0.25, 0.3) is 0 Å². The molecule has 88 valence electrons. The predicted molar refractivity (Wildman–Crippen MR) is 72.2 cm³/mol. The molecule has 0 rings (SSSR count). The van der Waals surface area contributed by atoms with Gasteiger partial charge in [0.15, 0.2) is 0 Å². The molecule has 14 heavy (non-hydrogen) atoms. The van der Waals surface area contributed by atoms with E-state index in [0.717, 1.165) is 13.1 Å². The van der Waals surface area contributed by atoms with E-state index in [-0.39, 0.29) is 0 Å². The molecule has 1 atom stereocenters. The molecule has 0 saturated carbocycles. The summed E-state index contributed by atoms with van der Waals surface area (Å²) in [5.41, 5.74) is 0. The van der Waals surface area contributed by atoms with E-state index in [9.17, 15) is 0 Å².